The van der Waals surface area contributed by atoms with Crippen LogP contribution in [-0.2, 0) is 9.59 Å². The van der Waals surface area contributed by atoms with Gasteiger partial charge in [0.15, 0.2) is 5.78 Å². The summed E-state index contributed by atoms with van der Waals surface area (Å²) in [4.78, 5) is 21.3. The SMILES string of the molecule is Cl.NC1C(=O)CCSC1=O. The average molecular weight is 182 g/mol. The molecule has 0 amide bonds. The van der Waals surface area contributed by atoms with E-state index in [4.69, 9.17) is 5.73 Å². The second-order valence-corrected chi connectivity index (χ2v) is 2.96. The van der Waals surface area contributed by atoms with Crippen LogP contribution < -0.4 is 5.73 Å². The molecule has 2 N–H and O–H groups in total. The normalized spacial score (nSPS) is 25.9. The lowest BCUT2D eigenvalue weighted by Crippen LogP contribution is -2.40. The van der Waals surface area contributed by atoms with Crippen molar-refractivity contribution >= 4 is 35.1 Å². The summed E-state index contributed by atoms with van der Waals surface area (Å²) >= 11 is 1.15. The molecule has 0 aliphatic carbocycles. The first kappa shape index (κ1) is 9.94. The van der Waals surface area contributed by atoms with Crippen molar-refractivity contribution in [1.29, 1.82) is 0 Å². The van der Waals surface area contributed by atoms with Gasteiger partial charge in [0.05, 0.1) is 0 Å². The van der Waals surface area contributed by atoms with E-state index >= 15 is 0 Å². The molecule has 3 nitrogen and oxygen atoms in total. The lowest BCUT2D eigenvalue weighted by Gasteiger charge is -2.12. The first-order chi connectivity index (χ1) is 4.22. The number of ketones is 1. The molecule has 10 heavy (non-hydrogen) atoms. The summed E-state index contributed by atoms with van der Waals surface area (Å²) < 4.78 is 0. The fourth-order valence-corrected chi connectivity index (χ4v) is 1.44. The minimum absolute atomic E-state index is 0. The maximum absolute atomic E-state index is 10.6. The molecule has 0 aromatic rings. The van der Waals surface area contributed by atoms with E-state index in [1.54, 1.807) is 0 Å². The molecule has 1 aliphatic heterocycles. The maximum Gasteiger partial charge on any atom is 0.213 e. The van der Waals surface area contributed by atoms with E-state index in [1.165, 1.54) is 0 Å². The largest absolute Gasteiger partial charge is 0.315 e. The zero-order chi connectivity index (χ0) is 6.85. The second kappa shape index (κ2) is 3.95. The number of halogens is 1. The van der Waals surface area contributed by atoms with Crippen LogP contribution in [-0.4, -0.2) is 22.7 Å². The van der Waals surface area contributed by atoms with Crippen molar-refractivity contribution in [2.24, 2.45) is 5.73 Å². The number of carbonyl (C=O) groups excluding carboxylic acids is 2. The van der Waals surface area contributed by atoms with Gasteiger partial charge in [-0.15, -0.1) is 12.4 Å². The molecule has 1 saturated heterocycles. The fraction of sp³-hybridized carbons (Fsp3) is 0.600. The minimum Gasteiger partial charge on any atom is -0.315 e. The Morgan fingerprint density at radius 2 is 2.10 bits per heavy atom. The van der Waals surface area contributed by atoms with E-state index in [2.05, 4.69) is 0 Å². The van der Waals surface area contributed by atoms with Crippen LogP contribution in [0.25, 0.3) is 0 Å². The molecule has 1 aliphatic rings. The lowest BCUT2D eigenvalue weighted by molar-refractivity contribution is -0.125. The number of hydrogen-bond donors (Lipinski definition) is 1. The van der Waals surface area contributed by atoms with E-state index < -0.39 is 6.04 Å². The van der Waals surface area contributed by atoms with Crippen LogP contribution in [0.4, 0.5) is 0 Å². The van der Waals surface area contributed by atoms with Crippen molar-refractivity contribution in [1.82, 2.24) is 0 Å². The zero-order valence-electron chi connectivity index (χ0n) is 5.20. The highest BCUT2D eigenvalue weighted by atomic mass is 35.5. The molecule has 0 spiro atoms. The van der Waals surface area contributed by atoms with Gasteiger partial charge in [-0.25, -0.2) is 0 Å². The number of thioether (sulfide) groups is 1. The van der Waals surface area contributed by atoms with Gasteiger partial charge in [-0.1, -0.05) is 11.8 Å². The van der Waals surface area contributed by atoms with Crippen molar-refractivity contribution in [3.05, 3.63) is 0 Å². The molecule has 0 aromatic carbocycles. The van der Waals surface area contributed by atoms with Gasteiger partial charge in [0.2, 0.25) is 5.12 Å². The van der Waals surface area contributed by atoms with Gasteiger partial charge in [-0.05, 0) is 0 Å². The Balaban J connectivity index is 0.000000810. The van der Waals surface area contributed by atoms with Crippen LogP contribution in [0.2, 0.25) is 0 Å². The third kappa shape index (κ3) is 1.97. The van der Waals surface area contributed by atoms with E-state index in [0.29, 0.717) is 12.2 Å². The maximum atomic E-state index is 10.6. The monoisotopic (exact) mass is 181 g/mol. The summed E-state index contributed by atoms with van der Waals surface area (Å²) in [5, 5.41) is -0.189. The van der Waals surface area contributed by atoms with Gasteiger partial charge in [0, 0.05) is 12.2 Å². The molecule has 1 rings (SSSR count). The predicted octanol–water partition coefficient (Wildman–Crippen LogP) is -0.0319. The number of nitrogens with two attached hydrogens (primary N) is 1. The fourth-order valence-electron chi connectivity index (χ4n) is 0.629. The number of hydrogen-bond acceptors (Lipinski definition) is 4. The topological polar surface area (TPSA) is 60.2 Å². The Morgan fingerprint density at radius 3 is 2.50 bits per heavy atom. The van der Waals surface area contributed by atoms with Crippen molar-refractivity contribution in [2.75, 3.05) is 5.75 Å². The minimum atomic E-state index is -0.844. The molecular formula is C5H8ClNO2S. The highest BCUT2D eigenvalue weighted by Crippen LogP contribution is 2.14. The summed E-state index contributed by atoms with van der Waals surface area (Å²) in [5.41, 5.74) is 5.20. The number of rotatable bonds is 0. The molecule has 5 heteroatoms. The van der Waals surface area contributed by atoms with Crippen LogP contribution in [0.5, 0.6) is 0 Å². The summed E-state index contributed by atoms with van der Waals surface area (Å²) in [6.45, 7) is 0. The summed E-state index contributed by atoms with van der Waals surface area (Å²) in [5.74, 6) is 0.476. The van der Waals surface area contributed by atoms with Crippen molar-refractivity contribution in [3.8, 4) is 0 Å². The van der Waals surface area contributed by atoms with E-state index in [1.807, 2.05) is 0 Å². The molecule has 0 saturated carbocycles. The smallest absolute Gasteiger partial charge is 0.213 e. The lowest BCUT2D eigenvalue weighted by atomic mass is 10.2. The third-order valence-electron chi connectivity index (χ3n) is 1.19. The zero-order valence-corrected chi connectivity index (χ0v) is 6.83. The molecule has 0 aromatic heterocycles. The Morgan fingerprint density at radius 1 is 1.50 bits per heavy atom. The molecule has 1 atom stereocenters. The molecular weight excluding hydrogens is 174 g/mol. The first-order valence-corrected chi connectivity index (χ1v) is 3.65. The molecule has 1 unspecified atom stereocenters. The standard InChI is InChI=1S/C5H7NO2S.ClH/c6-4-3(7)1-2-9-5(4)8;/h4H,1-2,6H2;1H. The Kier molecular flexibility index (Phi) is 3.93. The molecule has 0 bridgehead atoms. The molecule has 0 radical (unpaired) electrons. The van der Waals surface area contributed by atoms with Crippen LogP contribution in [0, 0.1) is 0 Å². The highest BCUT2D eigenvalue weighted by molar-refractivity contribution is 8.14. The molecule has 1 heterocycles. The van der Waals surface area contributed by atoms with Crippen molar-refractivity contribution < 1.29 is 9.59 Å². The second-order valence-electron chi connectivity index (χ2n) is 1.86. The predicted molar refractivity (Wildman–Crippen MR) is 42.3 cm³/mol. The number of carbonyl (C=O) groups is 2. The van der Waals surface area contributed by atoms with Crippen LogP contribution in [0.1, 0.15) is 6.42 Å². The first-order valence-electron chi connectivity index (χ1n) is 2.67. The van der Waals surface area contributed by atoms with Gasteiger partial charge < -0.3 is 5.73 Å². The highest BCUT2D eigenvalue weighted by Gasteiger charge is 2.26. The van der Waals surface area contributed by atoms with E-state index in [-0.39, 0.29) is 23.3 Å². The van der Waals surface area contributed by atoms with E-state index in [0.717, 1.165) is 11.8 Å². The molecule has 58 valence electrons. The summed E-state index contributed by atoms with van der Waals surface area (Å²) in [7, 11) is 0. The average Bonchev–Trinajstić information content (AvgIpc) is 1.83. The quantitative estimate of drug-likeness (QED) is 0.534. The van der Waals surface area contributed by atoms with Crippen LogP contribution in [0.15, 0.2) is 0 Å². The van der Waals surface area contributed by atoms with Crippen molar-refractivity contribution in [3.63, 3.8) is 0 Å². The Hall–Kier alpha value is -0.0600. The van der Waals surface area contributed by atoms with Gasteiger partial charge in [-0.3, -0.25) is 9.59 Å². The molecule has 1 fully saturated rings. The van der Waals surface area contributed by atoms with Gasteiger partial charge >= 0.3 is 0 Å². The van der Waals surface area contributed by atoms with Crippen molar-refractivity contribution in [2.45, 2.75) is 12.5 Å². The summed E-state index contributed by atoms with van der Waals surface area (Å²) in [6, 6.07) is -0.844. The van der Waals surface area contributed by atoms with Crippen LogP contribution >= 0.6 is 24.2 Å². The van der Waals surface area contributed by atoms with Crippen LogP contribution in [0.3, 0.4) is 0 Å². The van der Waals surface area contributed by atoms with Gasteiger partial charge in [-0.2, -0.15) is 0 Å². The Labute approximate surface area is 69.1 Å². The van der Waals surface area contributed by atoms with Gasteiger partial charge in [0.25, 0.3) is 0 Å². The van der Waals surface area contributed by atoms with E-state index in [9.17, 15) is 9.59 Å². The summed E-state index contributed by atoms with van der Waals surface area (Å²) in [6.07, 6.45) is 0.442. The Bertz CT molecular complexity index is 146. The van der Waals surface area contributed by atoms with Gasteiger partial charge in [0.1, 0.15) is 6.04 Å². The number of Topliss-reactive ketones (excluding diaryl/α,β-unsaturated/α-hetero) is 1. The third-order valence-corrected chi connectivity index (χ3v) is 2.14.